The summed E-state index contributed by atoms with van der Waals surface area (Å²) in [5, 5.41) is 1.88. The van der Waals surface area contributed by atoms with Gasteiger partial charge < -0.3 is 4.90 Å². The lowest BCUT2D eigenvalue weighted by atomic mass is 10.1. The quantitative estimate of drug-likeness (QED) is 0.758. The zero-order valence-corrected chi connectivity index (χ0v) is 12.6. The number of carbonyl (C=O) groups excluding carboxylic acids is 1. The summed E-state index contributed by atoms with van der Waals surface area (Å²) < 4.78 is 26.5. The van der Waals surface area contributed by atoms with E-state index >= 15 is 0 Å². The number of hydrogen-bond acceptors (Lipinski definition) is 2. The molecule has 110 valence electrons. The van der Waals surface area contributed by atoms with Crippen LogP contribution in [0.2, 0.25) is 5.02 Å². The summed E-state index contributed by atoms with van der Waals surface area (Å²) in [6, 6.07) is 5.74. The van der Waals surface area contributed by atoms with Gasteiger partial charge in [0.15, 0.2) is 11.6 Å². The van der Waals surface area contributed by atoms with Crippen LogP contribution in [0.5, 0.6) is 0 Å². The largest absolute Gasteiger partial charge is 0.330 e. The first-order valence-corrected chi connectivity index (χ1v) is 7.80. The second-order valence-electron chi connectivity index (χ2n) is 4.99. The molecule has 0 unspecified atom stereocenters. The minimum atomic E-state index is -1.06. The van der Waals surface area contributed by atoms with E-state index in [2.05, 4.69) is 0 Å². The van der Waals surface area contributed by atoms with Gasteiger partial charge in [-0.2, -0.15) is 0 Å². The van der Waals surface area contributed by atoms with Crippen molar-refractivity contribution in [3.63, 3.8) is 0 Å². The Morgan fingerprint density at radius 1 is 1.33 bits per heavy atom. The maximum absolute atomic E-state index is 13.4. The topological polar surface area (TPSA) is 20.3 Å². The molecule has 1 heterocycles. The van der Waals surface area contributed by atoms with E-state index in [4.69, 9.17) is 11.6 Å². The SMILES string of the molecule is O=C(c1cc(F)c(F)cc1Cl)N(Cc1cccs1)C1CC1. The molecule has 1 aromatic carbocycles. The number of benzene rings is 1. The van der Waals surface area contributed by atoms with Crippen LogP contribution >= 0.6 is 22.9 Å². The summed E-state index contributed by atoms with van der Waals surface area (Å²) >= 11 is 7.45. The fourth-order valence-electron chi connectivity index (χ4n) is 2.16. The highest BCUT2D eigenvalue weighted by Crippen LogP contribution is 2.32. The van der Waals surface area contributed by atoms with Crippen LogP contribution in [0.4, 0.5) is 8.78 Å². The van der Waals surface area contributed by atoms with Crippen LogP contribution in [-0.4, -0.2) is 16.8 Å². The molecule has 0 bridgehead atoms. The molecule has 0 saturated heterocycles. The number of halogens is 3. The molecule has 1 aliphatic carbocycles. The van der Waals surface area contributed by atoms with Crippen molar-refractivity contribution in [2.45, 2.75) is 25.4 Å². The van der Waals surface area contributed by atoms with Crippen LogP contribution in [0, 0.1) is 11.6 Å². The van der Waals surface area contributed by atoms with Crippen molar-refractivity contribution < 1.29 is 13.6 Å². The third-order valence-corrected chi connectivity index (χ3v) is 4.57. The second-order valence-corrected chi connectivity index (χ2v) is 6.43. The third-order valence-electron chi connectivity index (χ3n) is 3.40. The zero-order chi connectivity index (χ0) is 15.0. The molecule has 1 aromatic heterocycles. The summed E-state index contributed by atoms with van der Waals surface area (Å²) in [5.74, 6) is -2.46. The van der Waals surface area contributed by atoms with Gasteiger partial charge in [-0.1, -0.05) is 17.7 Å². The average Bonchev–Trinajstić information content (AvgIpc) is 3.16. The standard InChI is InChI=1S/C15H12ClF2NOS/c16-12-7-14(18)13(17)6-11(12)15(20)19(9-3-4-9)8-10-2-1-5-21-10/h1-2,5-7,9H,3-4,8H2. The van der Waals surface area contributed by atoms with Gasteiger partial charge in [-0.15, -0.1) is 11.3 Å². The summed E-state index contributed by atoms with van der Waals surface area (Å²) in [6.07, 6.45) is 1.86. The molecular weight excluding hydrogens is 316 g/mol. The monoisotopic (exact) mass is 327 g/mol. The molecule has 1 aliphatic rings. The Morgan fingerprint density at radius 3 is 2.67 bits per heavy atom. The zero-order valence-electron chi connectivity index (χ0n) is 11.0. The van der Waals surface area contributed by atoms with Gasteiger partial charge in [0, 0.05) is 10.9 Å². The molecule has 1 fully saturated rings. The molecule has 1 saturated carbocycles. The first kappa shape index (κ1) is 14.5. The molecular formula is C15H12ClF2NOS. The van der Waals surface area contributed by atoms with Gasteiger partial charge in [0.25, 0.3) is 5.91 Å². The van der Waals surface area contributed by atoms with Gasteiger partial charge in [0.2, 0.25) is 0 Å². The molecule has 2 aromatic rings. The molecule has 0 aliphatic heterocycles. The Morgan fingerprint density at radius 2 is 2.05 bits per heavy atom. The Balaban J connectivity index is 1.89. The molecule has 3 rings (SSSR count). The van der Waals surface area contributed by atoms with Crippen molar-refractivity contribution in [1.29, 1.82) is 0 Å². The van der Waals surface area contributed by atoms with Gasteiger partial charge in [0.1, 0.15) is 0 Å². The Labute approximate surface area is 130 Å². The van der Waals surface area contributed by atoms with Gasteiger partial charge in [-0.3, -0.25) is 4.79 Å². The van der Waals surface area contributed by atoms with E-state index < -0.39 is 11.6 Å². The highest BCUT2D eigenvalue weighted by molar-refractivity contribution is 7.09. The Bertz CT molecular complexity index is 671. The van der Waals surface area contributed by atoms with Crippen LogP contribution in [-0.2, 0) is 6.54 Å². The van der Waals surface area contributed by atoms with Gasteiger partial charge >= 0.3 is 0 Å². The highest BCUT2D eigenvalue weighted by atomic mass is 35.5. The molecule has 0 spiro atoms. The van der Waals surface area contributed by atoms with Crippen LogP contribution in [0.3, 0.4) is 0 Å². The smallest absolute Gasteiger partial charge is 0.256 e. The molecule has 0 radical (unpaired) electrons. The van der Waals surface area contributed by atoms with E-state index in [1.165, 1.54) is 0 Å². The van der Waals surface area contributed by atoms with Gasteiger partial charge in [-0.25, -0.2) is 8.78 Å². The number of amides is 1. The van der Waals surface area contributed by atoms with E-state index in [0.717, 1.165) is 29.9 Å². The fraction of sp³-hybridized carbons (Fsp3) is 0.267. The van der Waals surface area contributed by atoms with Gasteiger partial charge in [-0.05, 0) is 36.4 Å². The van der Waals surface area contributed by atoms with Crippen molar-refractivity contribution in [3.8, 4) is 0 Å². The number of carbonyl (C=O) groups is 1. The molecule has 0 N–H and O–H groups in total. The summed E-state index contributed by atoms with van der Waals surface area (Å²) in [4.78, 5) is 15.3. The maximum atomic E-state index is 13.4. The number of thiophene rings is 1. The van der Waals surface area contributed by atoms with Crippen molar-refractivity contribution in [2.75, 3.05) is 0 Å². The Hall–Kier alpha value is -1.46. The second kappa shape index (κ2) is 5.73. The van der Waals surface area contributed by atoms with Crippen LogP contribution in [0.15, 0.2) is 29.6 Å². The van der Waals surface area contributed by atoms with Crippen LogP contribution in [0.25, 0.3) is 0 Å². The van der Waals surface area contributed by atoms with Crippen molar-refractivity contribution in [2.24, 2.45) is 0 Å². The first-order chi connectivity index (χ1) is 10.1. The predicted octanol–water partition coefficient (Wildman–Crippen LogP) is 4.48. The van der Waals surface area contributed by atoms with E-state index in [0.29, 0.717) is 6.54 Å². The third kappa shape index (κ3) is 3.09. The minimum Gasteiger partial charge on any atom is -0.330 e. The lowest BCUT2D eigenvalue weighted by Gasteiger charge is -2.22. The number of rotatable bonds is 4. The summed E-state index contributed by atoms with van der Waals surface area (Å²) in [6.45, 7) is 0.469. The molecule has 21 heavy (non-hydrogen) atoms. The minimum absolute atomic E-state index is 0.0130. The number of nitrogens with zero attached hydrogens (tertiary/aromatic N) is 1. The van der Waals surface area contributed by atoms with Crippen molar-refractivity contribution >= 4 is 28.8 Å². The molecule has 2 nitrogen and oxygen atoms in total. The first-order valence-electron chi connectivity index (χ1n) is 6.54. The fourth-order valence-corrected chi connectivity index (χ4v) is 3.10. The van der Waals surface area contributed by atoms with Crippen LogP contribution in [0.1, 0.15) is 28.1 Å². The van der Waals surface area contributed by atoms with E-state index in [9.17, 15) is 13.6 Å². The van der Waals surface area contributed by atoms with E-state index in [-0.39, 0.29) is 22.5 Å². The lowest BCUT2D eigenvalue weighted by Crippen LogP contribution is -2.32. The van der Waals surface area contributed by atoms with Crippen molar-refractivity contribution in [1.82, 2.24) is 4.90 Å². The summed E-state index contributed by atoms with van der Waals surface area (Å²) in [5.41, 5.74) is 0.0130. The average molecular weight is 328 g/mol. The Kier molecular flexibility index (Phi) is 3.95. The van der Waals surface area contributed by atoms with E-state index in [1.54, 1.807) is 16.2 Å². The van der Waals surface area contributed by atoms with E-state index in [1.807, 2.05) is 17.5 Å². The maximum Gasteiger partial charge on any atom is 0.256 e. The molecule has 1 amide bonds. The van der Waals surface area contributed by atoms with Crippen molar-refractivity contribution in [3.05, 3.63) is 56.7 Å². The van der Waals surface area contributed by atoms with Crippen LogP contribution < -0.4 is 0 Å². The predicted molar refractivity (Wildman–Crippen MR) is 78.6 cm³/mol. The normalized spacial score (nSPS) is 14.2. The van der Waals surface area contributed by atoms with Gasteiger partial charge in [0.05, 0.1) is 17.1 Å². The summed E-state index contributed by atoms with van der Waals surface area (Å²) in [7, 11) is 0. The molecule has 0 atom stereocenters. The lowest BCUT2D eigenvalue weighted by molar-refractivity contribution is 0.0731. The number of hydrogen-bond donors (Lipinski definition) is 0. The highest BCUT2D eigenvalue weighted by Gasteiger charge is 2.34. The molecule has 6 heteroatoms.